The van der Waals surface area contributed by atoms with Crippen LogP contribution in [-0.2, 0) is 24.4 Å². The van der Waals surface area contributed by atoms with Crippen LogP contribution in [0.5, 0.6) is 5.75 Å². The summed E-state index contributed by atoms with van der Waals surface area (Å²) < 4.78 is 5.86. The van der Waals surface area contributed by atoms with E-state index < -0.39 is 0 Å². The highest BCUT2D eigenvalue weighted by atomic mass is 35.5. The Labute approximate surface area is 260 Å². The van der Waals surface area contributed by atoms with Crippen LogP contribution in [0.25, 0.3) is 10.2 Å². The summed E-state index contributed by atoms with van der Waals surface area (Å²) in [6, 6.07) is 11.3. The van der Waals surface area contributed by atoms with Crippen molar-refractivity contribution in [2.75, 3.05) is 38.1 Å². The van der Waals surface area contributed by atoms with Gasteiger partial charge in [-0.3, -0.25) is 14.7 Å². The van der Waals surface area contributed by atoms with Gasteiger partial charge in [0, 0.05) is 42.5 Å². The number of benzene rings is 1. The zero-order valence-corrected chi connectivity index (χ0v) is 25.5. The van der Waals surface area contributed by atoms with Crippen LogP contribution in [0.15, 0.2) is 61.1 Å². The summed E-state index contributed by atoms with van der Waals surface area (Å²) >= 11 is 8.17. The zero-order chi connectivity index (χ0) is 29.6. The van der Waals surface area contributed by atoms with Gasteiger partial charge in [0.2, 0.25) is 5.91 Å². The molecule has 11 heteroatoms. The van der Waals surface area contributed by atoms with Gasteiger partial charge in [0.25, 0.3) is 0 Å². The molecule has 1 fully saturated rings. The summed E-state index contributed by atoms with van der Waals surface area (Å²) in [6.45, 7) is 4.65. The van der Waals surface area contributed by atoms with Crippen molar-refractivity contribution in [3.05, 3.63) is 82.2 Å². The van der Waals surface area contributed by atoms with Gasteiger partial charge in [-0.15, -0.1) is 11.3 Å². The summed E-state index contributed by atoms with van der Waals surface area (Å²) in [5.41, 5.74) is 2.82. The molecule has 1 aromatic carbocycles. The van der Waals surface area contributed by atoms with Crippen molar-refractivity contribution in [3.63, 3.8) is 0 Å². The predicted molar refractivity (Wildman–Crippen MR) is 170 cm³/mol. The first-order chi connectivity index (χ1) is 21.1. The number of carbonyl (C=O) groups is 1. The number of pyridine rings is 1. The maximum atomic E-state index is 13.0. The molecule has 2 aliphatic heterocycles. The summed E-state index contributed by atoms with van der Waals surface area (Å²) in [5.74, 6) is 1.98. The van der Waals surface area contributed by atoms with E-state index in [0.29, 0.717) is 36.4 Å². The SMILES string of the molecule is O=C(/C=C/CN1CCC(CCO)CC1)N1CCc2c(sc3ncnc(Nc4ccc(OCc5ccccn5)c(Cl)c4)c23)C1. The first kappa shape index (κ1) is 29.5. The third-order valence-corrected chi connectivity index (χ3v) is 9.53. The number of ether oxygens (including phenoxy) is 1. The number of likely N-dealkylation sites (tertiary alicyclic amines) is 1. The minimum Gasteiger partial charge on any atom is -0.486 e. The molecule has 2 N–H and O–H groups in total. The van der Waals surface area contributed by atoms with E-state index in [1.165, 1.54) is 5.56 Å². The lowest BCUT2D eigenvalue weighted by molar-refractivity contribution is -0.126. The molecule has 43 heavy (non-hydrogen) atoms. The summed E-state index contributed by atoms with van der Waals surface area (Å²) in [5, 5.41) is 14.1. The second-order valence-electron chi connectivity index (χ2n) is 11.0. The van der Waals surface area contributed by atoms with Gasteiger partial charge in [0.05, 0.1) is 22.6 Å². The lowest BCUT2D eigenvalue weighted by atomic mass is 9.94. The maximum Gasteiger partial charge on any atom is 0.246 e. The van der Waals surface area contributed by atoms with Gasteiger partial charge in [-0.2, -0.15) is 0 Å². The van der Waals surface area contributed by atoms with Crippen LogP contribution >= 0.6 is 22.9 Å². The van der Waals surface area contributed by atoms with Crippen molar-refractivity contribution < 1.29 is 14.6 Å². The Morgan fingerprint density at radius 1 is 1.16 bits per heavy atom. The number of piperidine rings is 1. The van der Waals surface area contributed by atoms with Crippen LogP contribution < -0.4 is 10.1 Å². The molecule has 0 aliphatic carbocycles. The predicted octanol–water partition coefficient (Wildman–Crippen LogP) is 5.60. The number of nitrogens with one attached hydrogen (secondary N) is 1. The van der Waals surface area contributed by atoms with Crippen molar-refractivity contribution in [1.82, 2.24) is 24.8 Å². The van der Waals surface area contributed by atoms with Gasteiger partial charge in [-0.05, 0) is 80.6 Å². The van der Waals surface area contributed by atoms with Crippen molar-refractivity contribution in [2.45, 2.75) is 38.8 Å². The number of aliphatic hydroxyl groups is 1. The molecular weight excluding hydrogens is 584 g/mol. The number of hydrogen-bond donors (Lipinski definition) is 2. The molecule has 6 rings (SSSR count). The Morgan fingerprint density at radius 2 is 2.05 bits per heavy atom. The van der Waals surface area contributed by atoms with Crippen LogP contribution in [0.3, 0.4) is 0 Å². The highest BCUT2D eigenvalue weighted by Gasteiger charge is 2.26. The number of hydrogen-bond acceptors (Lipinski definition) is 9. The van der Waals surface area contributed by atoms with Gasteiger partial charge in [-0.25, -0.2) is 9.97 Å². The molecule has 1 saturated heterocycles. The van der Waals surface area contributed by atoms with E-state index in [9.17, 15) is 4.79 Å². The molecule has 9 nitrogen and oxygen atoms in total. The van der Waals surface area contributed by atoms with E-state index in [0.717, 1.165) is 77.6 Å². The summed E-state index contributed by atoms with van der Waals surface area (Å²) in [7, 11) is 0. The molecule has 3 aromatic heterocycles. The second kappa shape index (κ2) is 13.8. The number of thiophene rings is 1. The van der Waals surface area contributed by atoms with Crippen molar-refractivity contribution >= 4 is 50.6 Å². The van der Waals surface area contributed by atoms with Crippen molar-refractivity contribution in [1.29, 1.82) is 0 Å². The topological polar surface area (TPSA) is 104 Å². The molecular formula is C32H35ClN6O3S. The average Bonchev–Trinajstić information content (AvgIpc) is 3.41. The molecule has 0 radical (unpaired) electrons. The lowest BCUT2D eigenvalue weighted by Gasteiger charge is -2.31. The van der Waals surface area contributed by atoms with Crippen molar-refractivity contribution in [3.8, 4) is 5.75 Å². The Balaban J connectivity index is 1.08. The number of halogens is 1. The Bertz CT molecular complexity index is 1590. The van der Waals surface area contributed by atoms with Gasteiger partial charge in [-0.1, -0.05) is 23.7 Å². The lowest BCUT2D eigenvalue weighted by Crippen LogP contribution is -2.35. The van der Waals surface area contributed by atoms with Gasteiger partial charge < -0.3 is 20.1 Å². The Kier molecular flexibility index (Phi) is 9.48. The summed E-state index contributed by atoms with van der Waals surface area (Å²) in [6.07, 6.45) is 10.9. The number of nitrogens with zero attached hydrogens (tertiary/aromatic N) is 5. The fourth-order valence-corrected chi connectivity index (χ4v) is 7.16. The van der Waals surface area contributed by atoms with E-state index in [4.69, 9.17) is 21.4 Å². The number of aliphatic hydroxyl groups excluding tert-OH is 1. The third kappa shape index (κ3) is 7.15. The number of fused-ring (bicyclic) bond motifs is 3. The van der Waals surface area contributed by atoms with Crippen LogP contribution in [0.1, 0.15) is 35.4 Å². The molecule has 0 bridgehead atoms. The molecule has 5 heterocycles. The monoisotopic (exact) mass is 618 g/mol. The highest BCUT2D eigenvalue weighted by molar-refractivity contribution is 7.19. The van der Waals surface area contributed by atoms with Crippen LogP contribution in [0, 0.1) is 5.92 Å². The first-order valence-electron chi connectivity index (χ1n) is 14.7. The summed E-state index contributed by atoms with van der Waals surface area (Å²) in [4.78, 5) is 32.7. The molecule has 0 unspecified atom stereocenters. The minimum absolute atomic E-state index is 0.0442. The molecule has 2 aliphatic rings. The fourth-order valence-electron chi connectivity index (χ4n) is 5.73. The molecule has 4 aromatic rings. The highest BCUT2D eigenvalue weighted by Crippen LogP contribution is 2.39. The van der Waals surface area contributed by atoms with Gasteiger partial charge >= 0.3 is 0 Å². The van der Waals surface area contributed by atoms with Crippen LogP contribution in [-0.4, -0.2) is 68.6 Å². The quantitative estimate of drug-likeness (QED) is 0.222. The molecule has 224 valence electrons. The van der Waals surface area contributed by atoms with Crippen molar-refractivity contribution in [2.24, 2.45) is 5.92 Å². The third-order valence-electron chi connectivity index (χ3n) is 8.11. The normalized spacial score (nSPS) is 16.1. The van der Waals surface area contributed by atoms with E-state index in [1.807, 2.05) is 47.4 Å². The minimum atomic E-state index is 0.0442. The number of carbonyl (C=O) groups excluding carboxylic acids is 1. The van der Waals surface area contributed by atoms with Crippen LogP contribution in [0.4, 0.5) is 11.5 Å². The molecule has 1 amide bonds. The fraction of sp³-hybridized carbons (Fsp3) is 0.375. The number of amides is 1. The maximum absolute atomic E-state index is 13.0. The number of aromatic nitrogens is 3. The van der Waals surface area contributed by atoms with E-state index in [-0.39, 0.29) is 12.5 Å². The average molecular weight is 619 g/mol. The number of anilines is 2. The second-order valence-corrected chi connectivity index (χ2v) is 12.4. The van der Waals surface area contributed by atoms with Gasteiger partial charge in [0.1, 0.15) is 29.3 Å². The molecule has 0 atom stereocenters. The van der Waals surface area contributed by atoms with E-state index in [1.54, 1.807) is 29.9 Å². The molecule has 0 saturated carbocycles. The Hall–Kier alpha value is -3.57. The smallest absolute Gasteiger partial charge is 0.246 e. The molecule has 0 spiro atoms. The number of rotatable bonds is 10. The van der Waals surface area contributed by atoms with Crippen LogP contribution in [0.2, 0.25) is 5.02 Å². The van der Waals surface area contributed by atoms with E-state index >= 15 is 0 Å². The first-order valence-corrected chi connectivity index (χ1v) is 15.9. The van der Waals surface area contributed by atoms with E-state index in [2.05, 4.69) is 25.2 Å². The zero-order valence-electron chi connectivity index (χ0n) is 23.9. The largest absolute Gasteiger partial charge is 0.486 e. The Morgan fingerprint density at radius 3 is 2.84 bits per heavy atom. The standard InChI is InChI=1S/C32H35ClN6O3S/c33-26-18-23(6-7-27(26)42-20-24-4-1-2-12-34-24)37-31-30-25-10-16-39(19-28(25)43-32(30)36-21-35-31)29(41)5-3-13-38-14-8-22(9-15-38)11-17-40/h1-7,12,18,21-22,40H,8-11,13-17,19-20H2,(H,35,36,37)/b5-3+. The van der Waals surface area contributed by atoms with Gasteiger partial charge in [0.15, 0.2) is 0 Å².